The molecule has 4 nitrogen and oxygen atoms in total. The number of nitrogens with zero attached hydrogens (tertiary/aromatic N) is 2. The fraction of sp³-hybridized carbons (Fsp3) is 0.273. The van der Waals surface area contributed by atoms with E-state index in [2.05, 4.69) is 17.0 Å². The predicted octanol–water partition coefficient (Wildman–Crippen LogP) is 4.35. The molecule has 0 saturated carbocycles. The number of fused-ring (bicyclic) bond motifs is 1. The predicted molar refractivity (Wildman–Crippen MR) is 104 cm³/mol. The second-order valence-corrected chi connectivity index (χ2v) is 6.45. The average molecular weight is 348 g/mol. The highest BCUT2D eigenvalue weighted by molar-refractivity contribution is 5.98. The van der Waals surface area contributed by atoms with Gasteiger partial charge in [-0.1, -0.05) is 48.5 Å². The Kier molecular flexibility index (Phi) is 5.64. The second kappa shape index (κ2) is 8.11. The summed E-state index contributed by atoms with van der Waals surface area (Å²) in [6.45, 7) is 5.51. The van der Waals surface area contributed by atoms with Crippen molar-refractivity contribution >= 4 is 16.9 Å². The van der Waals surface area contributed by atoms with Crippen molar-refractivity contribution in [3.63, 3.8) is 0 Å². The van der Waals surface area contributed by atoms with Gasteiger partial charge in [-0.15, -0.1) is 0 Å². The molecular weight excluding hydrogens is 324 g/mol. The van der Waals surface area contributed by atoms with Crippen LogP contribution in [0.3, 0.4) is 0 Å². The first-order chi connectivity index (χ1) is 12.6. The molecule has 1 aromatic heterocycles. The summed E-state index contributed by atoms with van der Waals surface area (Å²) < 4.78 is 5.30. The lowest BCUT2D eigenvalue weighted by Gasteiger charge is -2.20. The number of carbonyl (C=O) groups excluding carboxylic acids is 1. The molecule has 0 N–H and O–H groups in total. The van der Waals surface area contributed by atoms with Crippen LogP contribution in [-0.4, -0.2) is 29.5 Å². The molecule has 0 bridgehead atoms. The number of para-hydroxylation sites is 1. The minimum atomic E-state index is -0.300. The van der Waals surface area contributed by atoms with Gasteiger partial charge in [0.15, 0.2) is 0 Å². The van der Waals surface area contributed by atoms with E-state index in [-0.39, 0.29) is 5.97 Å². The van der Waals surface area contributed by atoms with E-state index < -0.39 is 0 Å². The van der Waals surface area contributed by atoms with Crippen LogP contribution in [0, 0.1) is 6.92 Å². The number of hydrogen-bond acceptors (Lipinski definition) is 4. The Bertz CT molecular complexity index is 907. The highest BCUT2D eigenvalue weighted by Gasteiger charge is 2.20. The molecule has 0 radical (unpaired) electrons. The first kappa shape index (κ1) is 18.1. The third-order valence-corrected chi connectivity index (χ3v) is 4.42. The first-order valence-electron chi connectivity index (χ1n) is 8.88. The third-order valence-electron chi connectivity index (χ3n) is 4.42. The summed E-state index contributed by atoms with van der Waals surface area (Å²) in [6.07, 6.45) is 0. The van der Waals surface area contributed by atoms with Gasteiger partial charge in [-0.2, -0.15) is 0 Å². The molecule has 134 valence electrons. The van der Waals surface area contributed by atoms with Gasteiger partial charge in [0.1, 0.15) is 0 Å². The SMILES string of the molecule is CCOC(=O)c1c(CN(C)Cc2ccccc2)nc2ccccc2c1C. The smallest absolute Gasteiger partial charge is 0.340 e. The third kappa shape index (κ3) is 3.92. The van der Waals surface area contributed by atoms with Crippen molar-refractivity contribution < 1.29 is 9.53 Å². The fourth-order valence-corrected chi connectivity index (χ4v) is 3.24. The van der Waals surface area contributed by atoms with Crippen LogP contribution in [0.5, 0.6) is 0 Å². The van der Waals surface area contributed by atoms with E-state index in [0.717, 1.165) is 28.7 Å². The first-order valence-corrected chi connectivity index (χ1v) is 8.88. The Morgan fingerprint density at radius 3 is 2.46 bits per heavy atom. The Labute approximate surface area is 154 Å². The summed E-state index contributed by atoms with van der Waals surface area (Å²) in [4.78, 5) is 19.5. The van der Waals surface area contributed by atoms with E-state index in [1.54, 1.807) is 0 Å². The maximum atomic E-state index is 12.6. The van der Waals surface area contributed by atoms with Gasteiger partial charge in [-0.3, -0.25) is 9.88 Å². The monoisotopic (exact) mass is 348 g/mol. The molecule has 0 amide bonds. The molecule has 0 spiro atoms. The van der Waals surface area contributed by atoms with E-state index in [1.807, 2.05) is 63.4 Å². The summed E-state index contributed by atoms with van der Waals surface area (Å²) >= 11 is 0. The molecule has 26 heavy (non-hydrogen) atoms. The summed E-state index contributed by atoms with van der Waals surface area (Å²) in [5.74, 6) is -0.300. The molecule has 0 aliphatic rings. The number of aryl methyl sites for hydroxylation is 1. The van der Waals surface area contributed by atoms with E-state index in [4.69, 9.17) is 9.72 Å². The molecule has 0 unspecified atom stereocenters. The van der Waals surface area contributed by atoms with Crippen LogP contribution in [-0.2, 0) is 17.8 Å². The number of aromatic nitrogens is 1. The van der Waals surface area contributed by atoms with Crippen LogP contribution in [0.4, 0.5) is 0 Å². The summed E-state index contributed by atoms with van der Waals surface area (Å²) in [5.41, 5.74) is 4.41. The molecule has 0 saturated heterocycles. The minimum absolute atomic E-state index is 0.300. The fourth-order valence-electron chi connectivity index (χ4n) is 3.24. The van der Waals surface area contributed by atoms with Gasteiger partial charge >= 0.3 is 5.97 Å². The molecule has 0 aliphatic carbocycles. The largest absolute Gasteiger partial charge is 0.462 e. The lowest BCUT2D eigenvalue weighted by Crippen LogP contribution is -2.21. The van der Waals surface area contributed by atoms with Gasteiger partial charge in [-0.05, 0) is 38.1 Å². The van der Waals surface area contributed by atoms with Crippen molar-refractivity contribution in [2.24, 2.45) is 0 Å². The normalized spacial score (nSPS) is 11.1. The van der Waals surface area contributed by atoms with Gasteiger partial charge < -0.3 is 4.74 Å². The quantitative estimate of drug-likeness (QED) is 0.621. The summed E-state index contributed by atoms with van der Waals surface area (Å²) in [7, 11) is 2.04. The zero-order chi connectivity index (χ0) is 18.5. The zero-order valence-corrected chi connectivity index (χ0v) is 15.5. The van der Waals surface area contributed by atoms with E-state index in [9.17, 15) is 4.79 Å². The van der Waals surface area contributed by atoms with Crippen LogP contribution >= 0.6 is 0 Å². The molecule has 3 rings (SSSR count). The minimum Gasteiger partial charge on any atom is -0.462 e. The van der Waals surface area contributed by atoms with Gasteiger partial charge in [0.25, 0.3) is 0 Å². The molecule has 2 aromatic carbocycles. The summed E-state index contributed by atoms with van der Waals surface area (Å²) in [5, 5.41) is 0.991. The Morgan fingerprint density at radius 2 is 1.73 bits per heavy atom. The highest BCUT2D eigenvalue weighted by Crippen LogP contribution is 2.24. The van der Waals surface area contributed by atoms with Gasteiger partial charge in [0.05, 0.1) is 23.4 Å². The van der Waals surface area contributed by atoms with Crippen molar-refractivity contribution in [3.05, 3.63) is 77.0 Å². The van der Waals surface area contributed by atoms with Crippen molar-refractivity contribution in [2.45, 2.75) is 26.9 Å². The maximum Gasteiger partial charge on any atom is 0.340 e. The number of benzene rings is 2. The molecule has 3 aromatic rings. The molecular formula is C22H24N2O2. The van der Waals surface area contributed by atoms with Crippen LogP contribution in [0.15, 0.2) is 54.6 Å². The zero-order valence-electron chi connectivity index (χ0n) is 15.5. The topological polar surface area (TPSA) is 42.4 Å². The van der Waals surface area contributed by atoms with E-state index in [0.29, 0.717) is 18.7 Å². The molecule has 4 heteroatoms. The van der Waals surface area contributed by atoms with Crippen molar-refractivity contribution in [3.8, 4) is 0 Å². The van der Waals surface area contributed by atoms with Gasteiger partial charge in [-0.25, -0.2) is 4.79 Å². The van der Waals surface area contributed by atoms with E-state index >= 15 is 0 Å². The lowest BCUT2D eigenvalue weighted by molar-refractivity contribution is 0.0522. The van der Waals surface area contributed by atoms with Crippen molar-refractivity contribution in [1.29, 1.82) is 0 Å². The number of pyridine rings is 1. The standard InChI is InChI=1S/C22H24N2O2/c1-4-26-22(25)21-16(2)18-12-8-9-13-19(18)23-20(21)15-24(3)14-17-10-6-5-7-11-17/h5-13H,4,14-15H2,1-3H3. The second-order valence-electron chi connectivity index (χ2n) is 6.45. The Hall–Kier alpha value is -2.72. The van der Waals surface area contributed by atoms with Crippen molar-refractivity contribution in [2.75, 3.05) is 13.7 Å². The lowest BCUT2D eigenvalue weighted by atomic mass is 10.0. The Morgan fingerprint density at radius 1 is 1.04 bits per heavy atom. The number of carbonyl (C=O) groups is 1. The van der Waals surface area contributed by atoms with Crippen LogP contribution in [0.2, 0.25) is 0 Å². The summed E-state index contributed by atoms with van der Waals surface area (Å²) in [6, 6.07) is 18.2. The average Bonchev–Trinajstić information content (AvgIpc) is 2.63. The van der Waals surface area contributed by atoms with Crippen LogP contribution < -0.4 is 0 Å². The molecule has 0 fully saturated rings. The van der Waals surface area contributed by atoms with Gasteiger partial charge in [0.2, 0.25) is 0 Å². The number of hydrogen-bond donors (Lipinski definition) is 0. The Balaban J connectivity index is 1.97. The van der Waals surface area contributed by atoms with E-state index in [1.165, 1.54) is 5.56 Å². The highest BCUT2D eigenvalue weighted by atomic mass is 16.5. The van der Waals surface area contributed by atoms with Gasteiger partial charge in [0, 0.05) is 18.5 Å². The van der Waals surface area contributed by atoms with Crippen molar-refractivity contribution in [1.82, 2.24) is 9.88 Å². The number of esters is 1. The molecule has 0 atom stereocenters. The number of rotatable bonds is 6. The van der Waals surface area contributed by atoms with Crippen LogP contribution in [0.1, 0.15) is 34.1 Å². The molecule has 0 aliphatic heterocycles. The maximum absolute atomic E-state index is 12.6. The van der Waals surface area contributed by atoms with Crippen LogP contribution in [0.25, 0.3) is 10.9 Å². The molecule has 1 heterocycles. The number of ether oxygens (including phenoxy) is 1.